The van der Waals surface area contributed by atoms with E-state index in [1.165, 1.54) is 25.3 Å². The van der Waals surface area contributed by atoms with Crippen LogP contribution in [0.1, 0.15) is 31.2 Å². The zero-order chi connectivity index (χ0) is 12.4. The molecule has 0 aliphatic carbocycles. The van der Waals surface area contributed by atoms with Crippen molar-refractivity contribution >= 4 is 0 Å². The number of piperidine rings is 1. The molecule has 2 heterocycles. The van der Waals surface area contributed by atoms with E-state index < -0.39 is 0 Å². The van der Waals surface area contributed by atoms with Crippen LogP contribution in [0.4, 0.5) is 4.39 Å². The molecule has 0 amide bonds. The minimum atomic E-state index is -0.143. The molecule has 1 aromatic carbocycles. The van der Waals surface area contributed by atoms with Crippen LogP contribution in [-0.4, -0.2) is 25.8 Å². The molecule has 2 nitrogen and oxygen atoms in total. The third kappa shape index (κ3) is 2.29. The fraction of sp³-hybridized carbons (Fsp3) is 0.600. The van der Waals surface area contributed by atoms with Crippen molar-refractivity contribution in [1.82, 2.24) is 5.32 Å². The van der Waals surface area contributed by atoms with Gasteiger partial charge in [0.25, 0.3) is 0 Å². The van der Waals surface area contributed by atoms with Gasteiger partial charge in [-0.25, -0.2) is 4.39 Å². The second-order valence-electron chi connectivity index (χ2n) is 5.63. The van der Waals surface area contributed by atoms with Crippen LogP contribution in [0.15, 0.2) is 24.3 Å². The number of ether oxygens (including phenoxy) is 1. The Hall–Kier alpha value is -0.930. The van der Waals surface area contributed by atoms with E-state index in [1.807, 2.05) is 6.07 Å². The number of hydrogen-bond acceptors (Lipinski definition) is 2. The third-order valence-electron chi connectivity index (χ3n) is 4.24. The summed E-state index contributed by atoms with van der Waals surface area (Å²) in [5.41, 5.74) is 1.14. The van der Waals surface area contributed by atoms with Crippen LogP contribution in [0.25, 0.3) is 0 Å². The van der Waals surface area contributed by atoms with Crippen molar-refractivity contribution in [3.05, 3.63) is 35.6 Å². The number of hydrogen-bond donors (Lipinski definition) is 1. The minimum Gasteiger partial charge on any atom is -0.379 e. The molecule has 2 aliphatic heterocycles. The Labute approximate surface area is 108 Å². The smallest absolute Gasteiger partial charge is 0.123 e. The van der Waals surface area contributed by atoms with E-state index in [-0.39, 0.29) is 11.2 Å². The molecule has 1 atom stereocenters. The maximum absolute atomic E-state index is 13.4. The van der Waals surface area contributed by atoms with E-state index in [0.29, 0.717) is 6.04 Å². The summed E-state index contributed by atoms with van der Waals surface area (Å²) in [6, 6.07) is 7.58. The van der Waals surface area contributed by atoms with Gasteiger partial charge in [-0.15, -0.1) is 0 Å². The monoisotopic (exact) mass is 249 g/mol. The average Bonchev–Trinajstić information content (AvgIpc) is 2.35. The van der Waals surface area contributed by atoms with E-state index in [2.05, 4.69) is 5.32 Å². The standard InChI is InChI=1S/C15H20FNO/c16-13-5-3-4-12(8-13)15(10-18-11-15)9-14-6-1-2-7-17-14/h3-5,8,14,17H,1-2,6-7,9-11H2. The zero-order valence-corrected chi connectivity index (χ0v) is 10.6. The van der Waals surface area contributed by atoms with Crippen molar-refractivity contribution < 1.29 is 9.13 Å². The van der Waals surface area contributed by atoms with Crippen LogP contribution in [0, 0.1) is 5.82 Å². The number of rotatable bonds is 3. The summed E-state index contributed by atoms with van der Waals surface area (Å²) in [4.78, 5) is 0. The van der Waals surface area contributed by atoms with E-state index in [0.717, 1.165) is 31.7 Å². The molecular weight excluding hydrogens is 229 g/mol. The van der Waals surface area contributed by atoms with Gasteiger partial charge in [-0.2, -0.15) is 0 Å². The lowest BCUT2D eigenvalue weighted by Crippen LogP contribution is -2.51. The Balaban J connectivity index is 1.77. The van der Waals surface area contributed by atoms with Gasteiger partial charge in [-0.1, -0.05) is 18.6 Å². The summed E-state index contributed by atoms with van der Waals surface area (Å²) in [6.07, 6.45) is 4.88. The zero-order valence-electron chi connectivity index (χ0n) is 10.6. The highest BCUT2D eigenvalue weighted by molar-refractivity contribution is 5.29. The molecule has 1 aromatic rings. The number of benzene rings is 1. The van der Waals surface area contributed by atoms with E-state index in [4.69, 9.17) is 4.74 Å². The topological polar surface area (TPSA) is 21.3 Å². The Morgan fingerprint density at radius 3 is 2.83 bits per heavy atom. The molecule has 18 heavy (non-hydrogen) atoms. The molecule has 1 unspecified atom stereocenters. The van der Waals surface area contributed by atoms with Gasteiger partial charge in [-0.3, -0.25) is 0 Å². The lowest BCUT2D eigenvalue weighted by atomic mass is 9.73. The van der Waals surface area contributed by atoms with E-state index in [1.54, 1.807) is 12.1 Å². The minimum absolute atomic E-state index is 0.0388. The summed E-state index contributed by atoms with van der Waals surface area (Å²) in [6.45, 7) is 2.58. The van der Waals surface area contributed by atoms with Crippen LogP contribution in [-0.2, 0) is 10.2 Å². The molecule has 3 rings (SSSR count). The van der Waals surface area contributed by atoms with Gasteiger partial charge >= 0.3 is 0 Å². The molecular formula is C15H20FNO. The van der Waals surface area contributed by atoms with Gasteiger partial charge in [-0.05, 0) is 43.5 Å². The fourth-order valence-corrected chi connectivity index (χ4v) is 3.14. The van der Waals surface area contributed by atoms with Crippen molar-refractivity contribution in [2.45, 2.75) is 37.1 Å². The van der Waals surface area contributed by atoms with Crippen molar-refractivity contribution in [1.29, 1.82) is 0 Å². The summed E-state index contributed by atoms with van der Waals surface area (Å²) in [5.74, 6) is -0.143. The van der Waals surface area contributed by atoms with Gasteiger partial charge in [0.1, 0.15) is 5.82 Å². The highest BCUT2D eigenvalue weighted by Gasteiger charge is 2.42. The molecule has 0 aromatic heterocycles. The third-order valence-corrected chi connectivity index (χ3v) is 4.24. The second-order valence-corrected chi connectivity index (χ2v) is 5.63. The van der Waals surface area contributed by atoms with Gasteiger partial charge < -0.3 is 10.1 Å². The van der Waals surface area contributed by atoms with Gasteiger partial charge in [0.2, 0.25) is 0 Å². The van der Waals surface area contributed by atoms with Crippen LogP contribution < -0.4 is 5.32 Å². The second kappa shape index (κ2) is 4.98. The van der Waals surface area contributed by atoms with Crippen LogP contribution in [0.2, 0.25) is 0 Å². The van der Waals surface area contributed by atoms with E-state index >= 15 is 0 Å². The lowest BCUT2D eigenvalue weighted by molar-refractivity contribution is -0.0697. The lowest BCUT2D eigenvalue weighted by Gasteiger charge is -2.45. The predicted molar refractivity (Wildman–Crippen MR) is 69.2 cm³/mol. The average molecular weight is 249 g/mol. The molecule has 0 spiro atoms. The van der Waals surface area contributed by atoms with E-state index in [9.17, 15) is 4.39 Å². The summed E-state index contributed by atoms with van der Waals surface area (Å²) >= 11 is 0. The first-order valence-corrected chi connectivity index (χ1v) is 6.86. The highest BCUT2D eigenvalue weighted by atomic mass is 19.1. The van der Waals surface area contributed by atoms with Gasteiger partial charge in [0.05, 0.1) is 13.2 Å². The quantitative estimate of drug-likeness (QED) is 0.889. The first-order chi connectivity index (χ1) is 8.78. The highest BCUT2D eigenvalue weighted by Crippen LogP contribution is 2.38. The summed E-state index contributed by atoms with van der Waals surface area (Å²) in [7, 11) is 0. The molecule has 3 heteroatoms. The largest absolute Gasteiger partial charge is 0.379 e. The Kier molecular flexibility index (Phi) is 3.35. The molecule has 1 N–H and O–H groups in total. The van der Waals surface area contributed by atoms with Crippen LogP contribution >= 0.6 is 0 Å². The Bertz CT molecular complexity index is 411. The molecule has 2 saturated heterocycles. The number of nitrogens with one attached hydrogen (secondary N) is 1. The summed E-state index contributed by atoms with van der Waals surface area (Å²) in [5, 5.41) is 3.58. The fourth-order valence-electron chi connectivity index (χ4n) is 3.14. The first-order valence-electron chi connectivity index (χ1n) is 6.86. The van der Waals surface area contributed by atoms with Crippen molar-refractivity contribution in [3.8, 4) is 0 Å². The van der Waals surface area contributed by atoms with Crippen molar-refractivity contribution in [2.75, 3.05) is 19.8 Å². The maximum Gasteiger partial charge on any atom is 0.123 e. The predicted octanol–water partition coefficient (Wildman–Crippen LogP) is 2.63. The molecule has 0 saturated carbocycles. The van der Waals surface area contributed by atoms with Crippen molar-refractivity contribution in [3.63, 3.8) is 0 Å². The Morgan fingerprint density at radius 2 is 2.22 bits per heavy atom. The van der Waals surface area contributed by atoms with Gasteiger partial charge in [0.15, 0.2) is 0 Å². The molecule has 0 bridgehead atoms. The summed E-state index contributed by atoms with van der Waals surface area (Å²) < 4.78 is 18.8. The van der Waals surface area contributed by atoms with Crippen LogP contribution in [0.3, 0.4) is 0 Å². The molecule has 2 fully saturated rings. The maximum atomic E-state index is 13.4. The normalized spacial score (nSPS) is 26.6. The molecule has 2 aliphatic rings. The first kappa shape index (κ1) is 12.1. The Morgan fingerprint density at radius 1 is 1.33 bits per heavy atom. The SMILES string of the molecule is Fc1cccc(C2(CC3CCCCN3)COC2)c1. The number of halogens is 1. The van der Waals surface area contributed by atoms with Crippen LogP contribution in [0.5, 0.6) is 0 Å². The molecule has 98 valence electrons. The molecule has 0 radical (unpaired) electrons. The van der Waals surface area contributed by atoms with Crippen molar-refractivity contribution in [2.24, 2.45) is 0 Å². The van der Waals surface area contributed by atoms with Gasteiger partial charge in [0, 0.05) is 11.5 Å².